The van der Waals surface area contributed by atoms with Crippen molar-refractivity contribution in [3.05, 3.63) is 70.8 Å². The zero-order valence-corrected chi connectivity index (χ0v) is 40.8. The van der Waals surface area contributed by atoms with Gasteiger partial charge in [0.25, 0.3) is 0 Å². The van der Waals surface area contributed by atoms with Crippen LogP contribution in [0.25, 0.3) is 0 Å². The minimum Gasteiger partial charge on any atom is -0.493 e. The van der Waals surface area contributed by atoms with Crippen molar-refractivity contribution in [3.8, 4) is 23.0 Å². The Kier molecular flexibility index (Phi) is 8.71. The highest BCUT2D eigenvalue weighted by Gasteiger charge is 2.82. The number of likely N-dealkylation sites (tertiary alicyclic amines) is 2. The second kappa shape index (κ2) is 13.5. The van der Waals surface area contributed by atoms with Crippen molar-refractivity contribution in [1.29, 1.82) is 0 Å². The van der Waals surface area contributed by atoms with Crippen molar-refractivity contribution >= 4 is 5.78 Å². The first-order valence-corrected chi connectivity index (χ1v) is 25.5. The molecular weight excluding hydrogens is 829 g/mol. The van der Waals surface area contributed by atoms with Gasteiger partial charge in [-0.25, -0.2) is 0 Å². The molecule has 354 valence electrons. The van der Waals surface area contributed by atoms with Crippen LogP contribution in [-0.2, 0) is 37.9 Å². The summed E-state index contributed by atoms with van der Waals surface area (Å²) in [6.07, 6.45) is 20.5. The van der Waals surface area contributed by atoms with Gasteiger partial charge in [-0.15, -0.1) is 0 Å². The monoisotopic (exact) mass is 901 g/mol. The summed E-state index contributed by atoms with van der Waals surface area (Å²) >= 11 is 0. The Morgan fingerprint density at radius 3 is 1.61 bits per heavy atom. The fourth-order valence-electron chi connectivity index (χ4n) is 17.5. The molecule has 4 heterocycles. The average molecular weight is 901 g/mol. The van der Waals surface area contributed by atoms with Crippen LogP contribution in [-0.4, -0.2) is 116 Å². The van der Waals surface area contributed by atoms with E-state index in [0.29, 0.717) is 12.1 Å². The smallest absolute Gasteiger partial charge is 0.166 e. The predicted molar refractivity (Wildman–Crippen MR) is 251 cm³/mol. The van der Waals surface area contributed by atoms with Gasteiger partial charge >= 0.3 is 0 Å². The summed E-state index contributed by atoms with van der Waals surface area (Å²) in [7, 11) is 7.03. The molecule has 6 fully saturated rings. The summed E-state index contributed by atoms with van der Waals surface area (Å²) in [5, 5.41) is 12.2. The van der Waals surface area contributed by atoms with Gasteiger partial charge in [0.15, 0.2) is 23.0 Å². The SMILES string of the molecule is COc1ccc2c3c1O[C@H]1[C@@]4(OC)C=CC5(C[C@@H]4C(C)=O)[C@@H](C2)N(CC2CC2)CC[C@]315.COc1ccc2c3c1O[C@H]1[C@@]4(OC)C=CC5(C[C@@H]4[C@](C)(O)C(C)(C)C)[C@@H](C2)N(CC2CC2)CC[C@]315. The molecule has 2 unspecified atom stereocenters. The Morgan fingerprint density at radius 1 is 0.697 bits per heavy atom. The topological polar surface area (TPSA) is 99.2 Å². The van der Waals surface area contributed by atoms with E-state index in [1.165, 1.54) is 61.0 Å². The maximum Gasteiger partial charge on any atom is 0.166 e. The molecule has 4 spiro atoms. The summed E-state index contributed by atoms with van der Waals surface area (Å²) in [5.41, 5.74) is 2.45. The Labute approximate surface area is 391 Å². The summed E-state index contributed by atoms with van der Waals surface area (Å²) in [4.78, 5) is 18.6. The van der Waals surface area contributed by atoms with Gasteiger partial charge in [-0.1, -0.05) is 57.2 Å². The van der Waals surface area contributed by atoms with Crippen molar-refractivity contribution in [1.82, 2.24) is 9.80 Å². The molecule has 4 aliphatic heterocycles. The van der Waals surface area contributed by atoms with Crippen LogP contribution in [0.2, 0.25) is 0 Å². The minimum atomic E-state index is -0.930. The van der Waals surface area contributed by atoms with Crippen LogP contribution < -0.4 is 18.9 Å². The number of ether oxygens (including phenoxy) is 6. The zero-order chi connectivity index (χ0) is 45.8. The zero-order valence-electron chi connectivity index (χ0n) is 40.8. The summed E-state index contributed by atoms with van der Waals surface area (Å²) in [5.74, 6) is 5.13. The maximum absolute atomic E-state index is 13.0. The van der Waals surface area contributed by atoms with Gasteiger partial charge in [-0.2, -0.15) is 0 Å². The highest BCUT2D eigenvalue weighted by Crippen LogP contribution is 2.77. The molecule has 0 aromatic heterocycles. The molecule has 10 aliphatic carbocycles. The molecule has 16 rings (SSSR count). The van der Waals surface area contributed by atoms with E-state index in [4.69, 9.17) is 28.4 Å². The molecule has 0 radical (unpaired) electrons. The van der Waals surface area contributed by atoms with E-state index in [9.17, 15) is 9.90 Å². The van der Waals surface area contributed by atoms with Crippen molar-refractivity contribution in [3.63, 3.8) is 0 Å². The second-order valence-corrected chi connectivity index (χ2v) is 24.4. The number of carbonyl (C=O) groups excluding carboxylic acids is 1. The van der Waals surface area contributed by atoms with Gasteiger partial charge in [-0.3, -0.25) is 14.6 Å². The molecule has 10 nitrogen and oxygen atoms in total. The van der Waals surface area contributed by atoms with Crippen LogP contribution in [0, 0.1) is 39.9 Å². The highest BCUT2D eigenvalue weighted by atomic mass is 16.6. The Bertz CT molecular complexity index is 2490. The lowest BCUT2D eigenvalue weighted by atomic mass is 9.35. The minimum absolute atomic E-state index is 0.0756. The maximum atomic E-state index is 13.0. The first-order valence-electron chi connectivity index (χ1n) is 25.5. The van der Waals surface area contributed by atoms with Gasteiger partial charge in [0.2, 0.25) is 0 Å². The molecule has 13 atom stereocenters. The predicted octanol–water partition coefficient (Wildman–Crippen LogP) is 7.78. The molecular formula is C56H72N2O8. The van der Waals surface area contributed by atoms with Crippen molar-refractivity contribution in [2.45, 2.75) is 151 Å². The van der Waals surface area contributed by atoms with E-state index < -0.39 is 16.8 Å². The number of benzene rings is 2. The normalized spacial score (nSPS) is 42.9. The van der Waals surface area contributed by atoms with Crippen LogP contribution in [0.5, 0.6) is 23.0 Å². The fourth-order valence-corrected chi connectivity index (χ4v) is 17.5. The number of fused-ring (bicyclic) bond motifs is 2. The average Bonchev–Trinajstić information content (AvgIpc) is 4.24. The molecule has 2 aromatic rings. The quantitative estimate of drug-likeness (QED) is 0.238. The standard InChI is InChI=1S/C30H41NO4.C26H31NO4/c1-26(2,3)27(4,32)21-16-28-11-12-30(21,34-6)25-29(28)13-14-31(17-18-7-8-18)22(28)15-19-9-10-20(33-5)24(35-25)23(19)29;1-15(28)18-13-24-8-9-26(18,30-3)23-25(24)10-11-27(14-16-4-5-16)20(24)12-17-6-7-19(29-2)22(31-23)21(17)25/h9-12,18,21-22,25,32H,7-8,13-17H2,1-6H3;6-9,16,18,20,23H,4-5,10-14H2,1-3H3/t21-,22-,25-,27+,28?,29+,30-;18-,20-,23-,24?,25+,26-/m11/s1. The Balaban J connectivity index is 0.000000133. The lowest BCUT2D eigenvalue weighted by Gasteiger charge is -2.73. The van der Waals surface area contributed by atoms with E-state index in [1.807, 2.05) is 14.0 Å². The number of nitrogens with zero attached hydrogens (tertiary/aromatic N) is 2. The summed E-state index contributed by atoms with van der Waals surface area (Å²) < 4.78 is 38.3. The van der Waals surface area contributed by atoms with E-state index in [2.05, 4.69) is 79.1 Å². The molecule has 2 aromatic carbocycles. The number of hydrogen-bond donors (Lipinski definition) is 1. The number of hydrogen-bond acceptors (Lipinski definition) is 10. The summed E-state index contributed by atoms with van der Waals surface area (Å²) in [6, 6.07) is 9.55. The molecule has 66 heavy (non-hydrogen) atoms. The second-order valence-electron chi connectivity index (χ2n) is 24.4. The molecule has 10 heteroatoms. The van der Waals surface area contributed by atoms with Crippen molar-refractivity contribution in [2.24, 2.45) is 39.9 Å². The molecule has 4 saturated carbocycles. The fraction of sp³-hybridized carbons (Fsp3) is 0.696. The van der Waals surface area contributed by atoms with Crippen LogP contribution in [0.4, 0.5) is 0 Å². The van der Waals surface area contributed by atoms with Crippen LogP contribution in [0.15, 0.2) is 48.6 Å². The number of methoxy groups -OCH3 is 4. The van der Waals surface area contributed by atoms with E-state index in [0.717, 1.165) is 86.4 Å². The van der Waals surface area contributed by atoms with Gasteiger partial charge < -0.3 is 33.5 Å². The van der Waals surface area contributed by atoms with E-state index in [-0.39, 0.29) is 56.9 Å². The van der Waals surface area contributed by atoms with Crippen LogP contribution in [0.3, 0.4) is 0 Å². The van der Waals surface area contributed by atoms with Gasteiger partial charge in [0.1, 0.15) is 29.2 Å². The third-order valence-corrected chi connectivity index (χ3v) is 21.3. The molecule has 0 amide bonds. The van der Waals surface area contributed by atoms with Gasteiger partial charge in [0, 0.05) is 67.3 Å². The number of Topliss-reactive ketones (excluding diaryl/α,β-unsaturated/α-hetero) is 1. The van der Waals surface area contributed by atoms with Crippen molar-refractivity contribution in [2.75, 3.05) is 54.6 Å². The van der Waals surface area contributed by atoms with Gasteiger partial charge in [-0.05, 0) is 132 Å². The summed E-state index contributed by atoms with van der Waals surface area (Å²) in [6.45, 7) is 14.8. The number of ketones is 1. The number of piperidine rings is 2. The van der Waals surface area contributed by atoms with Gasteiger partial charge in [0.05, 0.1) is 36.6 Å². The molecule has 14 aliphatic rings. The van der Waals surface area contributed by atoms with E-state index >= 15 is 0 Å². The Morgan fingerprint density at radius 2 is 1.17 bits per heavy atom. The molecule has 8 bridgehead atoms. The van der Waals surface area contributed by atoms with Crippen LogP contribution >= 0.6 is 0 Å². The number of carbonyl (C=O) groups is 1. The third-order valence-electron chi connectivity index (χ3n) is 21.3. The largest absolute Gasteiger partial charge is 0.493 e. The molecule has 2 saturated heterocycles. The lowest BCUT2D eigenvalue weighted by Crippen LogP contribution is -2.81. The third kappa shape index (κ3) is 4.81. The van der Waals surface area contributed by atoms with Crippen molar-refractivity contribution < 1.29 is 38.3 Å². The Hall–Kier alpha value is -3.41. The lowest BCUT2D eigenvalue weighted by molar-refractivity contribution is -0.263. The van der Waals surface area contributed by atoms with Crippen LogP contribution in [0.1, 0.15) is 108 Å². The molecule has 1 N–H and O–H groups in total. The number of rotatable bonds is 10. The van der Waals surface area contributed by atoms with E-state index in [1.54, 1.807) is 28.3 Å². The first kappa shape index (κ1) is 42.7. The highest BCUT2D eigenvalue weighted by molar-refractivity contribution is 5.82. The number of aliphatic hydroxyl groups is 1. The first-order chi connectivity index (χ1) is 31.6.